The van der Waals surface area contributed by atoms with Gasteiger partial charge in [-0.15, -0.1) is 0 Å². The first kappa shape index (κ1) is 11.5. The molecule has 1 aromatic rings. The van der Waals surface area contributed by atoms with Crippen LogP contribution in [0.15, 0.2) is 6.07 Å². The number of aryl methyl sites for hydroxylation is 1. The van der Waals surface area contributed by atoms with Crippen LogP contribution in [-0.4, -0.2) is 34.6 Å². The lowest BCUT2D eigenvalue weighted by molar-refractivity contribution is 0.663. The van der Waals surface area contributed by atoms with E-state index in [1.165, 1.54) is 24.3 Å². The maximum Gasteiger partial charge on any atom is 0.224 e. The van der Waals surface area contributed by atoms with Crippen LogP contribution in [0.5, 0.6) is 0 Å². The minimum absolute atomic E-state index is 0.570. The average Bonchev–Trinajstić information content (AvgIpc) is 2.29. The summed E-state index contributed by atoms with van der Waals surface area (Å²) in [4.78, 5) is 8.69. The molecule has 5 heteroatoms. The van der Waals surface area contributed by atoms with E-state index in [0.717, 1.165) is 11.5 Å². The molecule has 0 aromatic carbocycles. The fourth-order valence-corrected chi connectivity index (χ4v) is 2.91. The van der Waals surface area contributed by atoms with E-state index in [-0.39, 0.29) is 0 Å². The summed E-state index contributed by atoms with van der Waals surface area (Å²) >= 11 is 2.03. The third kappa shape index (κ3) is 3.01. The van der Waals surface area contributed by atoms with Crippen molar-refractivity contribution in [3.8, 4) is 0 Å². The van der Waals surface area contributed by atoms with Crippen LogP contribution in [0.2, 0.25) is 0 Å². The molecule has 16 heavy (non-hydrogen) atoms. The molecule has 0 atom stereocenters. The highest BCUT2D eigenvalue weighted by atomic mass is 32.2. The molecule has 1 saturated heterocycles. The summed E-state index contributed by atoms with van der Waals surface area (Å²) in [6.45, 7) is 1.99. The molecule has 0 saturated carbocycles. The van der Waals surface area contributed by atoms with Crippen LogP contribution < -0.4 is 10.6 Å². The van der Waals surface area contributed by atoms with Crippen LogP contribution in [0.3, 0.4) is 0 Å². The molecule has 88 valence electrons. The summed E-state index contributed by atoms with van der Waals surface area (Å²) < 4.78 is 0. The van der Waals surface area contributed by atoms with E-state index < -0.39 is 0 Å². The van der Waals surface area contributed by atoms with Crippen molar-refractivity contribution >= 4 is 23.5 Å². The Kier molecular flexibility index (Phi) is 3.88. The highest BCUT2D eigenvalue weighted by Crippen LogP contribution is 2.20. The molecule has 1 aliphatic rings. The number of anilines is 2. The van der Waals surface area contributed by atoms with Crippen molar-refractivity contribution in [3.63, 3.8) is 0 Å². The Labute approximate surface area is 101 Å². The lowest BCUT2D eigenvalue weighted by Gasteiger charge is -2.23. The van der Waals surface area contributed by atoms with Crippen LogP contribution in [0.4, 0.5) is 11.8 Å². The Hall–Kier alpha value is -0.970. The van der Waals surface area contributed by atoms with Gasteiger partial charge < -0.3 is 10.6 Å². The summed E-state index contributed by atoms with van der Waals surface area (Å²) in [6.07, 6.45) is 2.45. The summed E-state index contributed by atoms with van der Waals surface area (Å²) in [5, 5.41) is 6.47. The molecule has 1 aliphatic heterocycles. The van der Waals surface area contributed by atoms with Gasteiger partial charge in [-0.3, -0.25) is 0 Å². The first-order valence-electron chi connectivity index (χ1n) is 5.65. The number of rotatable bonds is 3. The fourth-order valence-electron chi connectivity index (χ4n) is 1.81. The molecular formula is C11H18N4S. The van der Waals surface area contributed by atoms with E-state index >= 15 is 0 Å². The smallest absolute Gasteiger partial charge is 0.224 e. The molecule has 1 aromatic heterocycles. The largest absolute Gasteiger partial charge is 0.367 e. The van der Waals surface area contributed by atoms with Crippen LogP contribution in [-0.2, 0) is 0 Å². The standard InChI is InChI=1S/C11H18N4S/c1-8-7-10(15-11(12-2)13-8)14-9-3-5-16-6-4-9/h7,9H,3-6H2,1-2H3,(H2,12,13,14,15). The zero-order chi connectivity index (χ0) is 11.4. The van der Waals surface area contributed by atoms with E-state index in [4.69, 9.17) is 0 Å². The normalized spacial score (nSPS) is 17.1. The topological polar surface area (TPSA) is 49.8 Å². The van der Waals surface area contributed by atoms with E-state index in [2.05, 4.69) is 20.6 Å². The van der Waals surface area contributed by atoms with Crippen molar-refractivity contribution in [2.45, 2.75) is 25.8 Å². The summed E-state index contributed by atoms with van der Waals surface area (Å²) in [5.41, 5.74) is 0.993. The summed E-state index contributed by atoms with van der Waals surface area (Å²) in [5.74, 6) is 4.13. The minimum Gasteiger partial charge on any atom is -0.367 e. The van der Waals surface area contributed by atoms with Crippen LogP contribution in [0.1, 0.15) is 18.5 Å². The average molecular weight is 238 g/mol. The van der Waals surface area contributed by atoms with E-state index in [9.17, 15) is 0 Å². The molecule has 0 aliphatic carbocycles. The summed E-state index contributed by atoms with van der Waals surface area (Å²) in [7, 11) is 1.84. The van der Waals surface area contributed by atoms with Crippen molar-refractivity contribution < 1.29 is 0 Å². The molecule has 1 fully saturated rings. The van der Waals surface area contributed by atoms with Gasteiger partial charge >= 0.3 is 0 Å². The molecule has 2 N–H and O–H groups in total. The quantitative estimate of drug-likeness (QED) is 0.845. The third-order valence-electron chi connectivity index (χ3n) is 2.65. The van der Waals surface area contributed by atoms with Gasteiger partial charge in [-0.2, -0.15) is 16.7 Å². The van der Waals surface area contributed by atoms with Gasteiger partial charge in [-0.05, 0) is 31.3 Å². The van der Waals surface area contributed by atoms with E-state index in [1.807, 2.05) is 31.8 Å². The van der Waals surface area contributed by atoms with Crippen LogP contribution >= 0.6 is 11.8 Å². The van der Waals surface area contributed by atoms with Gasteiger partial charge in [-0.25, -0.2) is 4.98 Å². The van der Waals surface area contributed by atoms with Gasteiger partial charge in [-0.1, -0.05) is 0 Å². The molecule has 0 amide bonds. The van der Waals surface area contributed by atoms with Crippen molar-refractivity contribution in [2.24, 2.45) is 0 Å². The van der Waals surface area contributed by atoms with Gasteiger partial charge in [0, 0.05) is 24.8 Å². The molecule has 0 spiro atoms. The van der Waals surface area contributed by atoms with Gasteiger partial charge in [0.05, 0.1) is 0 Å². The highest BCUT2D eigenvalue weighted by molar-refractivity contribution is 7.99. The molecule has 2 rings (SSSR count). The van der Waals surface area contributed by atoms with Crippen molar-refractivity contribution in [1.82, 2.24) is 9.97 Å². The predicted octanol–water partition coefficient (Wildman–Crippen LogP) is 2.13. The van der Waals surface area contributed by atoms with Gasteiger partial charge in [0.1, 0.15) is 5.82 Å². The molecule has 0 bridgehead atoms. The van der Waals surface area contributed by atoms with Gasteiger partial charge in [0.2, 0.25) is 5.95 Å². The first-order valence-corrected chi connectivity index (χ1v) is 6.81. The molecule has 0 radical (unpaired) electrons. The number of thioether (sulfide) groups is 1. The Morgan fingerprint density at radius 2 is 2.06 bits per heavy atom. The number of hydrogen-bond donors (Lipinski definition) is 2. The molecule has 2 heterocycles. The molecule has 4 nitrogen and oxygen atoms in total. The first-order chi connectivity index (χ1) is 7.78. The van der Waals surface area contributed by atoms with E-state index in [0.29, 0.717) is 12.0 Å². The van der Waals surface area contributed by atoms with Crippen molar-refractivity contribution in [2.75, 3.05) is 29.2 Å². The molecular weight excluding hydrogens is 220 g/mol. The minimum atomic E-state index is 0.570. The lowest BCUT2D eigenvalue weighted by Crippen LogP contribution is -2.25. The maximum atomic E-state index is 4.41. The zero-order valence-electron chi connectivity index (χ0n) is 9.79. The Morgan fingerprint density at radius 1 is 1.31 bits per heavy atom. The lowest BCUT2D eigenvalue weighted by atomic mass is 10.1. The van der Waals surface area contributed by atoms with E-state index in [1.54, 1.807) is 0 Å². The molecule has 0 unspecified atom stereocenters. The predicted molar refractivity (Wildman–Crippen MR) is 70.3 cm³/mol. The maximum absolute atomic E-state index is 4.41. The Bertz CT molecular complexity index is 350. The Morgan fingerprint density at radius 3 is 2.75 bits per heavy atom. The van der Waals surface area contributed by atoms with Crippen molar-refractivity contribution in [1.29, 1.82) is 0 Å². The zero-order valence-corrected chi connectivity index (χ0v) is 10.6. The number of hydrogen-bond acceptors (Lipinski definition) is 5. The fraction of sp³-hybridized carbons (Fsp3) is 0.636. The van der Waals surface area contributed by atoms with Gasteiger partial charge in [0.25, 0.3) is 0 Å². The number of aromatic nitrogens is 2. The SMILES string of the molecule is CNc1nc(C)cc(NC2CCSCC2)n1. The van der Waals surface area contributed by atoms with Gasteiger partial charge in [0.15, 0.2) is 0 Å². The van der Waals surface area contributed by atoms with Crippen LogP contribution in [0.25, 0.3) is 0 Å². The van der Waals surface area contributed by atoms with Crippen LogP contribution in [0, 0.1) is 6.92 Å². The Balaban J connectivity index is 2.04. The number of nitrogens with zero attached hydrogens (tertiary/aromatic N) is 2. The number of nitrogens with one attached hydrogen (secondary N) is 2. The second kappa shape index (κ2) is 5.39. The second-order valence-electron chi connectivity index (χ2n) is 4.00. The summed E-state index contributed by atoms with van der Waals surface area (Å²) in [6, 6.07) is 2.57. The highest BCUT2D eigenvalue weighted by Gasteiger charge is 2.14. The second-order valence-corrected chi connectivity index (χ2v) is 5.22. The van der Waals surface area contributed by atoms with Crippen molar-refractivity contribution in [3.05, 3.63) is 11.8 Å². The monoisotopic (exact) mass is 238 g/mol. The third-order valence-corrected chi connectivity index (χ3v) is 3.70.